The van der Waals surface area contributed by atoms with E-state index in [0.29, 0.717) is 19.9 Å². The van der Waals surface area contributed by atoms with Gasteiger partial charge in [-0.2, -0.15) is 0 Å². The minimum atomic E-state index is -0.517. The molecule has 2 rings (SSSR count). The second kappa shape index (κ2) is 5.26. The van der Waals surface area contributed by atoms with E-state index in [1.165, 1.54) is 0 Å². The SMILES string of the molecule is CC(C)(C)NC[C@H](O)c1ccc2c(c1)COCO2. The highest BCUT2D eigenvalue weighted by molar-refractivity contribution is 5.38. The van der Waals surface area contributed by atoms with Crippen LogP contribution in [0.4, 0.5) is 0 Å². The molecule has 0 saturated heterocycles. The van der Waals surface area contributed by atoms with E-state index < -0.39 is 6.10 Å². The van der Waals surface area contributed by atoms with Gasteiger partial charge < -0.3 is 19.9 Å². The smallest absolute Gasteiger partial charge is 0.189 e. The lowest BCUT2D eigenvalue weighted by molar-refractivity contribution is -0.0165. The van der Waals surface area contributed by atoms with E-state index >= 15 is 0 Å². The van der Waals surface area contributed by atoms with Crippen LogP contribution in [-0.2, 0) is 11.3 Å². The van der Waals surface area contributed by atoms with E-state index in [9.17, 15) is 5.11 Å². The molecule has 4 heteroatoms. The molecule has 4 nitrogen and oxygen atoms in total. The molecule has 0 radical (unpaired) electrons. The molecule has 0 saturated carbocycles. The number of hydrogen-bond donors (Lipinski definition) is 2. The third-order valence-corrected chi connectivity index (χ3v) is 2.85. The summed E-state index contributed by atoms with van der Waals surface area (Å²) in [5.41, 5.74) is 1.88. The minimum Gasteiger partial charge on any atom is -0.467 e. The number of ether oxygens (including phenoxy) is 2. The van der Waals surface area contributed by atoms with E-state index in [0.717, 1.165) is 16.9 Å². The van der Waals surface area contributed by atoms with Gasteiger partial charge in [0.1, 0.15) is 5.75 Å². The third kappa shape index (κ3) is 3.45. The Hall–Kier alpha value is -1.10. The molecule has 1 heterocycles. The maximum Gasteiger partial charge on any atom is 0.189 e. The lowest BCUT2D eigenvalue weighted by Crippen LogP contribution is -2.38. The number of rotatable bonds is 3. The van der Waals surface area contributed by atoms with Gasteiger partial charge in [-0.3, -0.25) is 0 Å². The maximum absolute atomic E-state index is 10.1. The van der Waals surface area contributed by atoms with E-state index in [-0.39, 0.29) is 5.54 Å². The number of aliphatic hydroxyl groups is 1. The van der Waals surface area contributed by atoms with Crippen LogP contribution in [0.3, 0.4) is 0 Å². The summed E-state index contributed by atoms with van der Waals surface area (Å²) in [7, 11) is 0. The van der Waals surface area contributed by atoms with Gasteiger partial charge in [0.05, 0.1) is 12.7 Å². The minimum absolute atomic E-state index is 0.00140. The van der Waals surface area contributed by atoms with Crippen LogP contribution in [0.25, 0.3) is 0 Å². The second-order valence-corrected chi connectivity index (χ2v) is 5.62. The van der Waals surface area contributed by atoms with Crippen molar-refractivity contribution in [1.29, 1.82) is 0 Å². The summed E-state index contributed by atoms with van der Waals surface area (Å²) >= 11 is 0. The van der Waals surface area contributed by atoms with Crippen molar-refractivity contribution < 1.29 is 14.6 Å². The summed E-state index contributed by atoms with van der Waals surface area (Å²) in [6.07, 6.45) is -0.517. The zero-order valence-corrected chi connectivity index (χ0v) is 11.2. The van der Waals surface area contributed by atoms with E-state index in [2.05, 4.69) is 26.1 Å². The highest BCUT2D eigenvalue weighted by atomic mass is 16.7. The fourth-order valence-electron chi connectivity index (χ4n) is 1.84. The molecule has 0 fully saturated rings. The Kier molecular flexibility index (Phi) is 3.90. The Balaban J connectivity index is 2.04. The Bertz CT molecular complexity index is 412. The molecule has 0 aliphatic carbocycles. The first kappa shape index (κ1) is 13.3. The van der Waals surface area contributed by atoms with Crippen LogP contribution < -0.4 is 10.1 Å². The maximum atomic E-state index is 10.1. The molecule has 0 spiro atoms. The fourth-order valence-corrected chi connectivity index (χ4v) is 1.84. The number of hydrogen-bond acceptors (Lipinski definition) is 4. The predicted molar refractivity (Wildman–Crippen MR) is 69.4 cm³/mol. The van der Waals surface area contributed by atoms with Crippen molar-refractivity contribution in [1.82, 2.24) is 5.32 Å². The van der Waals surface area contributed by atoms with Crippen molar-refractivity contribution >= 4 is 0 Å². The van der Waals surface area contributed by atoms with Crippen LogP contribution in [0.5, 0.6) is 5.75 Å². The quantitative estimate of drug-likeness (QED) is 0.862. The van der Waals surface area contributed by atoms with Crippen molar-refractivity contribution in [2.24, 2.45) is 0 Å². The standard InChI is InChI=1S/C14H21NO3/c1-14(2,3)15-7-12(16)10-4-5-13-11(6-10)8-17-9-18-13/h4-6,12,15-16H,7-9H2,1-3H3/t12-/m0/s1. The van der Waals surface area contributed by atoms with Gasteiger partial charge >= 0.3 is 0 Å². The largest absolute Gasteiger partial charge is 0.467 e. The Morgan fingerprint density at radius 1 is 1.39 bits per heavy atom. The lowest BCUT2D eigenvalue weighted by Gasteiger charge is -2.24. The predicted octanol–water partition coefficient (Wildman–Crippen LogP) is 1.97. The van der Waals surface area contributed by atoms with Crippen LogP contribution in [0.2, 0.25) is 0 Å². The molecule has 1 aromatic carbocycles. The highest BCUT2D eigenvalue weighted by Gasteiger charge is 2.16. The van der Waals surface area contributed by atoms with Gasteiger partial charge in [-0.05, 0) is 38.5 Å². The molecule has 18 heavy (non-hydrogen) atoms. The molecular weight excluding hydrogens is 230 g/mol. The Morgan fingerprint density at radius 3 is 2.89 bits per heavy atom. The molecule has 1 aliphatic rings. The van der Waals surface area contributed by atoms with Crippen LogP contribution in [-0.4, -0.2) is 24.0 Å². The zero-order chi connectivity index (χ0) is 13.2. The van der Waals surface area contributed by atoms with Gasteiger partial charge in [-0.15, -0.1) is 0 Å². The van der Waals surface area contributed by atoms with Crippen molar-refractivity contribution in [2.45, 2.75) is 39.0 Å². The Labute approximate surface area is 108 Å². The van der Waals surface area contributed by atoms with Crippen molar-refractivity contribution in [2.75, 3.05) is 13.3 Å². The van der Waals surface area contributed by atoms with Gasteiger partial charge in [0.15, 0.2) is 6.79 Å². The van der Waals surface area contributed by atoms with Gasteiger partial charge in [-0.1, -0.05) is 6.07 Å². The lowest BCUT2D eigenvalue weighted by atomic mass is 10.0. The molecule has 0 unspecified atom stereocenters. The summed E-state index contributed by atoms with van der Waals surface area (Å²) in [6, 6.07) is 5.75. The van der Waals surface area contributed by atoms with E-state index in [4.69, 9.17) is 9.47 Å². The highest BCUT2D eigenvalue weighted by Crippen LogP contribution is 2.26. The number of nitrogens with one attached hydrogen (secondary N) is 1. The van der Waals surface area contributed by atoms with Crippen molar-refractivity contribution in [3.63, 3.8) is 0 Å². The van der Waals surface area contributed by atoms with Crippen LogP contribution in [0.1, 0.15) is 38.0 Å². The third-order valence-electron chi connectivity index (χ3n) is 2.85. The van der Waals surface area contributed by atoms with Crippen LogP contribution in [0.15, 0.2) is 18.2 Å². The van der Waals surface area contributed by atoms with Crippen LogP contribution >= 0.6 is 0 Å². The van der Waals surface area contributed by atoms with Gasteiger partial charge in [-0.25, -0.2) is 0 Å². The van der Waals surface area contributed by atoms with Gasteiger partial charge in [0, 0.05) is 17.6 Å². The first-order valence-corrected chi connectivity index (χ1v) is 6.22. The Morgan fingerprint density at radius 2 is 2.17 bits per heavy atom. The first-order valence-electron chi connectivity index (χ1n) is 6.22. The molecule has 1 aromatic rings. The summed E-state index contributed by atoms with van der Waals surface area (Å²) in [4.78, 5) is 0. The molecule has 100 valence electrons. The topological polar surface area (TPSA) is 50.7 Å². The first-order chi connectivity index (χ1) is 8.46. The zero-order valence-electron chi connectivity index (χ0n) is 11.2. The average molecular weight is 251 g/mol. The molecule has 0 amide bonds. The summed E-state index contributed by atoms with van der Waals surface area (Å²) in [6.45, 7) is 7.61. The summed E-state index contributed by atoms with van der Waals surface area (Å²) in [5.74, 6) is 0.848. The molecule has 0 bridgehead atoms. The average Bonchev–Trinajstić information content (AvgIpc) is 2.34. The second-order valence-electron chi connectivity index (χ2n) is 5.62. The molecule has 2 N–H and O–H groups in total. The summed E-state index contributed by atoms with van der Waals surface area (Å²) < 4.78 is 10.6. The molecule has 1 aliphatic heterocycles. The molecule has 0 aromatic heterocycles. The monoisotopic (exact) mass is 251 g/mol. The number of aliphatic hydroxyl groups excluding tert-OH is 1. The van der Waals surface area contributed by atoms with Crippen molar-refractivity contribution in [3.8, 4) is 5.75 Å². The number of benzene rings is 1. The van der Waals surface area contributed by atoms with E-state index in [1.807, 2.05) is 18.2 Å². The van der Waals surface area contributed by atoms with Gasteiger partial charge in [0.25, 0.3) is 0 Å². The van der Waals surface area contributed by atoms with E-state index in [1.54, 1.807) is 0 Å². The molecule has 1 atom stereocenters. The normalized spacial score (nSPS) is 16.9. The van der Waals surface area contributed by atoms with Crippen LogP contribution in [0, 0.1) is 0 Å². The summed E-state index contributed by atoms with van der Waals surface area (Å²) in [5, 5.41) is 13.4. The van der Waals surface area contributed by atoms with Crippen molar-refractivity contribution in [3.05, 3.63) is 29.3 Å². The fraction of sp³-hybridized carbons (Fsp3) is 0.571. The number of fused-ring (bicyclic) bond motifs is 1. The van der Waals surface area contributed by atoms with Gasteiger partial charge in [0.2, 0.25) is 0 Å². The molecular formula is C14H21NO3. The number of β-amino-alcohol motifs (C(OH)–C–C–N with tert-alkyl or cyclic N) is 1.